The quantitative estimate of drug-likeness (QED) is 0.728. The van der Waals surface area contributed by atoms with Crippen LogP contribution in [0.15, 0.2) is 18.2 Å². The molecule has 1 aromatic carbocycles. The molecule has 15 heavy (non-hydrogen) atoms. The summed E-state index contributed by atoms with van der Waals surface area (Å²) >= 11 is 0. The number of ether oxygens (including phenoxy) is 1. The van der Waals surface area contributed by atoms with Crippen LogP contribution in [0.4, 0.5) is 0 Å². The van der Waals surface area contributed by atoms with Crippen molar-refractivity contribution >= 4 is 0 Å². The van der Waals surface area contributed by atoms with Crippen molar-refractivity contribution in [2.24, 2.45) is 5.73 Å². The first-order valence-electron chi connectivity index (χ1n) is 5.71. The maximum atomic E-state index is 5.81. The van der Waals surface area contributed by atoms with E-state index in [4.69, 9.17) is 10.5 Å². The molecule has 0 saturated heterocycles. The lowest BCUT2D eigenvalue weighted by atomic mass is 10.1. The molecule has 2 N–H and O–H groups in total. The summed E-state index contributed by atoms with van der Waals surface area (Å²) in [6.07, 6.45) is 3.16. The first-order valence-corrected chi connectivity index (χ1v) is 5.71. The molecule has 0 radical (unpaired) electrons. The van der Waals surface area contributed by atoms with Crippen molar-refractivity contribution in [2.45, 2.75) is 33.1 Å². The first-order chi connectivity index (χ1) is 7.29. The number of para-hydroxylation sites is 1. The number of aryl methyl sites for hydroxylation is 1. The van der Waals surface area contributed by atoms with Gasteiger partial charge >= 0.3 is 0 Å². The smallest absolute Gasteiger partial charge is 0.125 e. The van der Waals surface area contributed by atoms with Crippen molar-refractivity contribution in [1.82, 2.24) is 0 Å². The molecule has 0 aliphatic carbocycles. The minimum Gasteiger partial charge on any atom is -0.493 e. The van der Waals surface area contributed by atoms with Gasteiger partial charge in [0.1, 0.15) is 5.75 Å². The van der Waals surface area contributed by atoms with Crippen molar-refractivity contribution in [3.63, 3.8) is 0 Å². The number of benzene rings is 1. The Morgan fingerprint density at radius 1 is 1.33 bits per heavy atom. The molecule has 0 fully saturated rings. The first kappa shape index (κ1) is 12.1. The van der Waals surface area contributed by atoms with Crippen molar-refractivity contribution in [1.29, 1.82) is 0 Å². The Kier molecular flexibility index (Phi) is 5.19. The Balaban J connectivity index is 2.72. The summed E-state index contributed by atoms with van der Waals surface area (Å²) in [6, 6.07) is 6.25. The predicted octanol–water partition coefficient (Wildman–Crippen LogP) is 2.68. The van der Waals surface area contributed by atoms with Crippen LogP contribution in [0.3, 0.4) is 0 Å². The molecule has 0 saturated carbocycles. The Hall–Kier alpha value is -1.02. The van der Waals surface area contributed by atoms with Gasteiger partial charge in [-0.15, -0.1) is 0 Å². The summed E-state index contributed by atoms with van der Waals surface area (Å²) < 4.78 is 5.81. The molecule has 1 rings (SSSR count). The molecule has 0 amide bonds. The van der Waals surface area contributed by atoms with Crippen LogP contribution in [-0.2, 0) is 6.42 Å². The maximum absolute atomic E-state index is 5.81. The third kappa shape index (κ3) is 3.56. The van der Waals surface area contributed by atoms with E-state index in [1.54, 1.807) is 0 Å². The second-order valence-corrected chi connectivity index (χ2v) is 3.80. The van der Waals surface area contributed by atoms with Crippen LogP contribution in [-0.4, -0.2) is 13.2 Å². The number of rotatable bonds is 6. The summed E-state index contributed by atoms with van der Waals surface area (Å²) in [7, 11) is 0. The summed E-state index contributed by atoms with van der Waals surface area (Å²) in [4.78, 5) is 0. The Labute approximate surface area is 92.4 Å². The molecule has 0 heterocycles. The molecule has 0 unspecified atom stereocenters. The summed E-state index contributed by atoms with van der Waals surface area (Å²) in [5.41, 5.74) is 8.01. The highest BCUT2D eigenvalue weighted by Crippen LogP contribution is 2.23. The average Bonchev–Trinajstić information content (AvgIpc) is 2.23. The zero-order valence-electron chi connectivity index (χ0n) is 9.75. The molecule has 2 heteroatoms. The zero-order chi connectivity index (χ0) is 11.1. The van der Waals surface area contributed by atoms with Crippen LogP contribution < -0.4 is 10.5 Å². The lowest BCUT2D eigenvalue weighted by molar-refractivity contribution is 0.304. The molecule has 0 atom stereocenters. The van der Waals surface area contributed by atoms with Crippen LogP contribution >= 0.6 is 0 Å². The second kappa shape index (κ2) is 6.46. The van der Waals surface area contributed by atoms with Gasteiger partial charge in [0, 0.05) is 0 Å². The van der Waals surface area contributed by atoms with Gasteiger partial charge < -0.3 is 10.5 Å². The minimum atomic E-state index is 0.674. The lowest BCUT2D eigenvalue weighted by Crippen LogP contribution is -2.07. The van der Waals surface area contributed by atoms with Gasteiger partial charge in [-0.3, -0.25) is 0 Å². The van der Waals surface area contributed by atoms with E-state index in [1.807, 2.05) is 0 Å². The van der Waals surface area contributed by atoms with Gasteiger partial charge in [0.15, 0.2) is 0 Å². The van der Waals surface area contributed by atoms with E-state index in [0.717, 1.165) is 31.6 Å². The number of nitrogens with two attached hydrogens (primary N) is 1. The number of hydrogen-bond donors (Lipinski definition) is 1. The monoisotopic (exact) mass is 207 g/mol. The van der Waals surface area contributed by atoms with Crippen LogP contribution in [0, 0.1) is 6.92 Å². The van der Waals surface area contributed by atoms with Gasteiger partial charge in [0.2, 0.25) is 0 Å². The fraction of sp³-hybridized carbons (Fsp3) is 0.538. The van der Waals surface area contributed by atoms with Gasteiger partial charge in [-0.25, -0.2) is 0 Å². The minimum absolute atomic E-state index is 0.674. The molecular formula is C13H21NO. The maximum Gasteiger partial charge on any atom is 0.125 e. The van der Waals surface area contributed by atoms with Gasteiger partial charge in [-0.05, 0) is 37.4 Å². The molecule has 0 aliphatic rings. The summed E-state index contributed by atoms with van der Waals surface area (Å²) in [5, 5.41) is 0. The summed E-state index contributed by atoms with van der Waals surface area (Å²) in [5.74, 6) is 1.04. The second-order valence-electron chi connectivity index (χ2n) is 3.80. The Morgan fingerprint density at radius 2 is 2.13 bits per heavy atom. The highest BCUT2D eigenvalue weighted by atomic mass is 16.5. The SMILES string of the molecule is CCCCOc1c(C)cccc1CCN. The lowest BCUT2D eigenvalue weighted by Gasteiger charge is -2.13. The third-order valence-corrected chi connectivity index (χ3v) is 2.45. The van der Waals surface area contributed by atoms with Crippen molar-refractivity contribution in [3.05, 3.63) is 29.3 Å². The molecule has 0 aliphatic heterocycles. The third-order valence-electron chi connectivity index (χ3n) is 2.45. The standard InChI is InChI=1S/C13H21NO/c1-3-4-10-15-13-11(2)6-5-7-12(13)8-9-14/h5-7H,3-4,8-10,14H2,1-2H3. The van der Waals surface area contributed by atoms with Gasteiger partial charge in [-0.1, -0.05) is 31.5 Å². The van der Waals surface area contributed by atoms with Crippen molar-refractivity contribution in [3.8, 4) is 5.75 Å². The normalized spacial score (nSPS) is 10.3. The van der Waals surface area contributed by atoms with E-state index >= 15 is 0 Å². The summed E-state index contributed by atoms with van der Waals surface area (Å²) in [6.45, 7) is 5.73. The topological polar surface area (TPSA) is 35.2 Å². The molecule has 0 bridgehead atoms. The van der Waals surface area contributed by atoms with Gasteiger partial charge in [-0.2, -0.15) is 0 Å². The van der Waals surface area contributed by atoms with E-state index in [9.17, 15) is 0 Å². The van der Waals surface area contributed by atoms with Crippen LogP contribution in [0.5, 0.6) is 5.75 Å². The van der Waals surface area contributed by atoms with E-state index < -0.39 is 0 Å². The zero-order valence-corrected chi connectivity index (χ0v) is 9.75. The number of hydrogen-bond acceptors (Lipinski definition) is 2. The molecule has 2 nitrogen and oxygen atoms in total. The van der Waals surface area contributed by atoms with E-state index in [1.165, 1.54) is 11.1 Å². The Morgan fingerprint density at radius 3 is 2.80 bits per heavy atom. The average molecular weight is 207 g/mol. The molecular weight excluding hydrogens is 186 g/mol. The number of unbranched alkanes of at least 4 members (excludes halogenated alkanes) is 1. The van der Waals surface area contributed by atoms with Crippen LogP contribution in [0.25, 0.3) is 0 Å². The van der Waals surface area contributed by atoms with E-state index in [0.29, 0.717) is 6.54 Å². The van der Waals surface area contributed by atoms with E-state index in [2.05, 4.69) is 32.0 Å². The fourth-order valence-electron chi connectivity index (χ4n) is 1.59. The van der Waals surface area contributed by atoms with Crippen LogP contribution in [0.2, 0.25) is 0 Å². The highest BCUT2D eigenvalue weighted by Gasteiger charge is 2.05. The molecule has 0 aromatic heterocycles. The Bertz CT molecular complexity index is 297. The van der Waals surface area contributed by atoms with Crippen LogP contribution in [0.1, 0.15) is 30.9 Å². The van der Waals surface area contributed by atoms with Crippen molar-refractivity contribution in [2.75, 3.05) is 13.2 Å². The molecule has 0 spiro atoms. The van der Waals surface area contributed by atoms with Gasteiger partial charge in [0.25, 0.3) is 0 Å². The van der Waals surface area contributed by atoms with Gasteiger partial charge in [0.05, 0.1) is 6.61 Å². The molecule has 84 valence electrons. The van der Waals surface area contributed by atoms with E-state index in [-0.39, 0.29) is 0 Å². The highest BCUT2D eigenvalue weighted by molar-refractivity contribution is 5.40. The molecule has 1 aromatic rings. The largest absolute Gasteiger partial charge is 0.493 e. The predicted molar refractivity (Wildman–Crippen MR) is 64.3 cm³/mol. The van der Waals surface area contributed by atoms with Crippen molar-refractivity contribution < 1.29 is 4.74 Å². The fourth-order valence-corrected chi connectivity index (χ4v) is 1.59.